The lowest BCUT2D eigenvalue weighted by Gasteiger charge is -2.09. The molecular formula is C16H17NO4. The Hall–Kier alpha value is -2.74. The van der Waals surface area contributed by atoms with E-state index in [9.17, 15) is 4.79 Å². The molecule has 0 saturated heterocycles. The lowest BCUT2D eigenvalue weighted by molar-refractivity contribution is -0.139. The van der Waals surface area contributed by atoms with Crippen LogP contribution in [0.4, 0.5) is 0 Å². The molecule has 0 radical (unpaired) electrons. The minimum atomic E-state index is -0.772. The van der Waals surface area contributed by atoms with E-state index in [1.807, 2.05) is 6.07 Å². The molecule has 0 unspecified atom stereocenters. The molecule has 0 aromatic heterocycles. The Balaban J connectivity index is 2.78. The molecule has 110 valence electrons. The minimum absolute atomic E-state index is 0.379. The third kappa shape index (κ3) is 5.41. The van der Waals surface area contributed by atoms with Gasteiger partial charge in [-0.1, -0.05) is 18.7 Å². The van der Waals surface area contributed by atoms with Gasteiger partial charge in [-0.15, -0.1) is 0 Å². The highest BCUT2D eigenvalue weighted by molar-refractivity contribution is 5.87. The van der Waals surface area contributed by atoms with Crippen LogP contribution in [-0.2, 0) is 9.53 Å². The van der Waals surface area contributed by atoms with E-state index < -0.39 is 12.1 Å². The fraction of sp³-hybridized carbons (Fsp3) is 0.250. The second-order valence-electron chi connectivity index (χ2n) is 4.05. The van der Waals surface area contributed by atoms with Gasteiger partial charge in [0.15, 0.2) is 17.6 Å². The van der Waals surface area contributed by atoms with E-state index in [4.69, 9.17) is 19.5 Å². The smallest absolute Gasteiger partial charge is 0.332 e. The summed E-state index contributed by atoms with van der Waals surface area (Å²) in [4.78, 5) is 11.4. The van der Waals surface area contributed by atoms with Gasteiger partial charge in [0.1, 0.15) is 12.7 Å². The predicted octanol–water partition coefficient (Wildman–Crippen LogP) is 2.73. The van der Waals surface area contributed by atoms with Gasteiger partial charge in [-0.25, -0.2) is 4.79 Å². The van der Waals surface area contributed by atoms with Crippen molar-refractivity contribution in [2.75, 3.05) is 13.7 Å². The summed E-state index contributed by atoms with van der Waals surface area (Å²) in [5.41, 5.74) is 0.749. The molecule has 5 heteroatoms. The third-order valence-electron chi connectivity index (χ3n) is 2.43. The zero-order valence-corrected chi connectivity index (χ0v) is 12.0. The number of carbonyl (C=O) groups excluding carboxylic acids is 1. The summed E-state index contributed by atoms with van der Waals surface area (Å²) in [6.07, 6.45) is 3.70. The maximum Gasteiger partial charge on any atom is 0.332 e. The molecule has 1 rings (SSSR count). The molecule has 0 aliphatic heterocycles. The Morgan fingerprint density at radius 3 is 2.86 bits per heavy atom. The molecular weight excluding hydrogens is 270 g/mol. The molecule has 0 aliphatic carbocycles. The molecule has 0 heterocycles. The van der Waals surface area contributed by atoms with Gasteiger partial charge in [-0.05, 0) is 30.7 Å². The Morgan fingerprint density at radius 1 is 1.48 bits per heavy atom. The van der Waals surface area contributed by atoms with Crippen molar-refractivity contribution < 1.29 is 19.0 Å². The summed E-state index contributed by atoms with van der Waals surface area (Å²) in [5.74, 6) is 0.572. The van der Waals surface area contributed by atoms with Crippen LogP contribution in [0.1, 0.15) is 12.5 Å². The second-order valence-corrected chi connectivity index (χ2v) is 4.05. The first-order valence-corrected chi connectivity index (χ1v) is 6.30. The van der Waals surface area contributed by atoms with Crippen LogP contribution in [0.15, 0.2) is 36.9 Å². The van der Waals surface area contributed by atoms with Gasteiger partial charge in [0.05, 0.1) is 7.11 Å². The Labute approximate surface area is 124 Å². The highest BCUT2D eigenvalue weighted by Gasteiger charge is 2.06. The van der Waals surface area contributed by atoms with Crippen molar-refractivity contribution in [3.05, 3.63) is 42.5 Å². The number of benzene rings is 1. The summed E-state index contributed by atoms with van der Waals surface area (Å²) in [5, 5.41) is 8.55. The van der Waals surface area contributed by atoms with Crippen LogP contribution in [0.5, 0.6) is 11.5 Å². The van der Waals surface area contributed by atoms with Crippen LogP contribution in [0.2, 0.25) is 0 Å². The zero-order valence-electron chi connectivity index (χ0n) is 12.0. The van der Waals surface area contributed by atoms with E-state index in [1.54, 1.807) is 30.4 Å². The maximum atomic E-state index is 11.4. The van der Waals surface area contributed by atoms with Crippen LogP contribution in [0.25, 0.3) is 6.08 Å². The zero-order chi connectivity index (χ0) is 15.7. The van der Waals surface area contributed by atoms with E-state index in [0.29, 0.717) is 18.1 Å². The average Bonchev–Trinajstić information content (AvgIpc) is 2.50. The monoisotopic (exact) mass is 287 g/mol. The molecule has 1 aromatic rings. The lowest BCUT2D eigenvalue weighted by atomic mass is 10.2. The molecule has 21 heavy (non-hydrogen) atoms. The normalized spacial score (nSPS) is 11.5. The number of carbonyl (C=O) groups is 1. The summed E-state index contributed by atoms with van der Waals surface area (Å²) in [7, 11) is 1.53. The van der Waals surface area contributed by atoms with E-state index in [-0.39, 0.29) is 0 Å². The molecule has 0 amide bonds. The Bertz CT molecular complexity index is 572. The topological polar surface area (TPSA) is 68.5 Å². The van der Waals surface area contributed by atoms with E-state index >= 15 is 0 Å². The van der Waals surface area contributed by atoms with E-state index in [0.717, 1.165) is 5.56 Å². The summed E-state index contributed by atoms with van der Waals surface area (Å²) in [6.45, 7) is 5.46. The third-order valence-corrected chi connectivity index (χ3v) is 2.43. The number of hydrogen-bond acceptors (Lipinski definition) is 5. The van der Waals surface area contributed by atoms with Crippen molar-refractivity contribution in [1.82, 2.24) is 0 Å². The van der Waals surface area contributed by atoms with Crippen molar-refractivity contribution in [3.63, 3.8) is 0 Å². The lowest BCUT2D eigenvalue weighted by Crippen LogP contribution is -2.10. The second kappa shape index (κ2) is 8.43. The quantitative estimate of drug-likeness (QED) is 0.438. The molecule has 1 aromatic carbocycles. The van der Waals surface area contributed by atoms with Crippen LogP contribution >= 0.6 is 0 Å². The number of ether oxygens (including phenoxy) is 3. The van der Waals surface area contributed by atoms with Gasteiger partial charge >= 0.3 is 5.97 Å². The summed E-state index contributed by atoms with van der Waals surface area (Å²) < 4.78 is 15.5. The molecule has 5 nitrogen and oxygen atoms in total. The van der Waals surface area contributed by atoms with Crippen LogP contribution in [-0.4, -0.2) is 25.8 Å². The van der Waals surface area contributed by atoms with Gasteiger partial charge < -0.3 is 14.2 Å². The van der Waals surface area contributed by atoms with Crippen molar-refractivity contribution in [1.29, 1.82) is 5.26 Å². The highest BCUT2D eigenvalue weighted by atomic mass is 16.5. The molecule has 0 saturated carbocycles. The Kier molecular flexibility index (Phi) is 6.55. The fourth-order valence-corrected chi connectivity index (χ4v) is 1.46. The SMILES string of the molecule is C=CCOc1ccc(/C=C/C(=O)O[C@@H](C)C#N)cc1OC. The summed E-state index contributed by atoms with van der Waals surface area (Å²) >= 11 is 0. The van der Waals surface area contributed by atoms with Crippen LogP contribution in [0.3, 0.4) is 0 Å². The standard InChI is InChI=1S/C16H17NO4/c1-4-9-20-14-7-5-13(10-15(14)19-3)6-8-16(18)21-12(2)11-17/h4-8,10,12H,1,9H2,2-3H3/b8-6+/t12-/m0/s1. The van der Waals surface area contributed by atoms with Crippen LogP contribution in [0, 0.1) is 11.3 Å². The van der Waals surface area contributed by atoms with Gasteiger partial charge in [-0.3, -0.25) is 0 Å². The maximum absolute atomic E-state index is 11.4. The van der Waals surface area contributed by atoms with Gasteiger partial charge in [0, 0.05) is 6.08 Å². The van der Waals surface area contributed by atoms with Crippen molar-refractivity contribution in [2.24, 2.45) is 0 Å². The number of nitrogens with zero attached hydrogens (tertiary/aromatic N) is 1. The largest absolute Gasteiger partial charge is 0.493 e. The van der Waals surface area contributed by atoms with E-state index in [1.165, 1.54) is 20.1 Å². The van der Waals surface area contributed by atoms with E-state index in [2.05, 4.69) is 6.58 Å². The number of nitriles is 1. The average molecular weight is 287 g/mol. The molecule has 0 N–H and O–H groups in total. The van der Waals surface area contributed by atoms with Gasteiger partial charge in [0.25, 0.3) is 0 Å². The summed E-state index contributed by atoms with van der Waals surface area (Å²) in [6, 6.07) is 7.07. The van der Waals surface area contributed by atoms with Crippen molar-refractivity contribution >= 4 is 12.0 Å². The number of rotatable bonds is 7. The molecule has 0 bridgehead atoms. The van der Waals surface area contributed by atoms with Crippen molar-refractivity contribution in [2.45, 2.75) is 13.0 Å². The number of esters is 1. The molecule has 0 fully saturated rings. The van der Waals surface area contributed by atoms with Crippen molar-refractivity contribution in [3.8, 4) is 17.6 Å². The molecule has 0 aliphatic rings. The number of methoxy groups -OCH3 is 1. The Morgan fingerprint density at radius 2 is 2.24 bits per heavy atom. The first-order chi connectivity index (χ1) is 10.1. The first kappa shape index (κ1) is 16.3. The minimum Gasteiger partial charge on any atom is -0.493 e. The molecule has 0 spiro atoms. The molecule has 1 atom stereocenters. The first-order valence-electron chi connectivity index (χ1n) is 6.30. The predicted molar refractivity (Wildman–Crippen MR) is 78.9 cm³/mol. The van der Waals surface area contributed by atoms with Gasteiger partial charge in [-0.2, -0.15) is 5.26 Å². The van der Waals surface area contributed by atoms with Crippen LogP contribution < -0.4 is 9.47 Å². The number of hydrogen-bond donors (Lipinski definition) is 0. The fourth-order valence-electron chi connectivity index (χ4n) is 1.46. The highest BCUT2D eigenvalue weighted by Crippen LogP contribution is 2.28. The van der Waals surface area contributed by atoms with Gasteiger partial charge in [0.2, 0.25) is 0 Å².